The molecule has 1 rings (SSSR count). The predicted molar refractivity (Wildman–Crippen MR) is 241 cm³/mol. The topological polar surface area (TPSA) is 110 Å². The van der Waals surface area contributed by atoms with Crippen molar-refractivity contribution in [2.24, 2.45) is 0 Å². The van der Waals surface area contributed by atoms with Crippen molar-refractivity contribution >= 4 is 11.9 Å². The summed E-state index contributed by atoms with van der Waals surface area (Å²) in [5.74, 6) is 1.16. The molecule has 0 spiro atoms. The second-order valence-corrected chi connectivity index (χ2v) is 16.4. The molecule has 344 valence electrons. The molecular weight excluding hydrogens is 745 g/mol. The smallest absolute Gasteiger partial charge is 0.305 e. The van der Waals surface area contributed by atoms with Crippen LogP contribution in [0.25, 0.3) is 0 Å². The number of rotatable bonds is 45. The van der Waals surface area contributed by atoms with Gasteiger partial charge in [0.25, 0.3) is 0 Å². The normalized spacial score (nSPS) is 11.3. The van der Waals surface area contributed by atoms with Crippen molar-refractivity contribution in [1.29, 1.82) is 0 Å². The number of carbonyl (C=O) groups is 2. The van der Waals surface area contributed by atoms with E-state index in [-0.39, 0.29) is 24.8 Å². The highest BCUT2D eigenvalue weighted by molar-refractivity contribution is 5.69. The Morgan fingerprint density at radius 1 is 0.475 bits per heavy atom. The number of aliphatic hydroxyl groups excluding tert-OH is 1. The van der Waals surface area contributed by atoms with Crippen LogP contribution >= 0.6 is 0 Å². The molecule has 59 heavy (non-hydrogen) atoms. The van der Waals surface area contributed by atoms with E-state index >= 15 is 0 Å². The molecule has 0 heterocycles. The maximum atomic E-state index is 12.5. The quantitative estimate of drug-likeness (QED) is 0.0390. The van der Waals surface area contributed by atoms with Crippen molar-refractivity contribution in [3.63, 3.8) is 0 Å². The number of unbranched alkanes of at least 4 members (excludes halogenated alkanes) is 23. The van der Waals surface area contributed by atoms with E-state index in [4.69, 9.17) is 28.4 Å². The lowest BCUT2D eigenvalue weighted by Gasteiger charge is -2.18. The van der Waals surface area contributed by atoms with Gasteiger partial charge in [-0.2, -0.15) is 0 Å². The molecule has 0 saturated heterocycles. The zero-order valence-electron chi connectivity index (χ0n) is 38.4. The molecule has 1 aromatic carbocycles. The van der Waals surface area contributed by atoms with Crippen LogP contribution in [0.4, 0.5) is 0 Å². The molecule has 1 N–H and O–H groups in total. The Hall–Kier alpha value is -2.36. The van der Waals surface area contributed by atoms with E-state index < -0.39 is 0 Å². The van der Waals surface area contributed by atoms with E-state index in [1.54, 1.807) is 0 Å². The second kappa shape index (κ2) is 42.3. The van der Waals surface area contributed by atoms with Gasteiger partial charge < -0.3 is 33.5 Å². The van der Waals surface area contributed by atoms with Gasteiger partial charge in [-0.1, -0.05) is 149 Å². The minimum absolute atomic E-state index is 0.0473. The van der Waals surface area contributed by atoms with Crippen LogP contribution in [-0.4, -0.2) is 63.0 Å². The first-order chi connectivity index (χ1) is 29.0. The average molecular weight is 835 g/mol. The summed E-state index contributed by atoms with van der Waals surface area (Å²) in [6.45, 7) is 10.0. The van der Waals surface area contributed by atoms with Crippen LogP contribution in [0.2, 0.25) is 0 Å². The Morgan fingerprint density at radius 3 is 1.39 bits per heavy atom. The molecule has 0 aliphatic rings. The summed E-state index contributed by atoms with van der Waals surface area (Å²) in [5, 5.41) is 9.93. The van der Waals surface area contributed by atoms with Crippen LogP contribution in [0.15, 0.2) is 18.2 Å². The van der Waals surface area contributed by atoms with E-state index in [0.29, 0.717) is 70.4 Å². The SMILES string of the molecule is CCCCCCCCCC(=O)OCCCCCCCCOc1ccc(OCCCCCOC(=O)CCC(OCCCCCCCC)OCCCCCCCC)cc1CO. The fraction of sp³-hybridized carbons (Fsp3) is 0.840. The largest absolute Gasteiger partial charge is 0.494 e. The van der Waals surface area contributed by atoms with Gasteiger partial charge in [0.15, 0.2) is 6.29 Å². The zero-order chi connectivity index (χ0) is 42.7. The summed E-state index contributed by atoms with van der Waals surface area (Å²) >= 11 is 0. The first kappa shape index (κ1) is 54.7. The van der Waals surface area contributed by atoms with E-state index in [0.717, 1.165) is 89.0 Å². The maximum Gasteiger partial charge on any atom is 0.305 e. The molecule has 9 nitrogen and oxygen atoms in total. The number of hydrogen-bond acceptors (Lipinski definition) is 9. The number of aliphatic hydroxyl groups is 1. The van der Waals surface area contributed by atoms with Gasteiger partial charge in [-0.15, -0.1) is 0 Å². The van der Waals surface area contributed by atoms with E-state index in [1.165, 1.54) is 96.3 Å². The first-order valence-electron chi connectivity index (χ1n) is 24.6. The number of carbonyl (C=O) groups excluding carboxylic acids is 2. The zero-order valence-corrected chi connectivity index (χ0v) is 38.4. The van der Waals surface area contributed by atoms with Gasteiger partial charge in [0.1, 0.15) is 11.5 Å². The van der Waals surface area contributed by atoms with E-state index in [9.17, 15) is 14.7 Å². The van der Waals surface area contributed by atoms with Crippen molar-refractivity contribution in [2.75, 3.05) is 39.6 Å². The lowest BCUT2D eigenvalue weighted by atomic mass is 10.1. The van der Waals surface area contributed by atoms with Crippen molar-refractivity contribution in [3.05, 3.63) is 23.8 Å². The lowest BCUT2D eigenvalue weighted by Crippen LogP contribution is -2.21. The van der Waals surface area contributed by atoms with Crippen LogP contribution in [-0.2, 0) is 35.1 Å². The third-order valence-electron chi connectivity index (χ3n) is 10.8. The van der Waals surface area contributed by atoms with E-state index in [2.05, 4.69) is 20.8 Å². The minimum atomic E-state index is -0.348. The highest BCUT2D eigenvalue weighted by Gasteiger charge is 2.14. The Labute approximate surface area is 361 Å². The molecule has 0 amide bonds. The van der Waals surface area contributed by atoms with Gasteiger partial charge >= 0.3 is 11.9 Å². The van der Waals surface area contributed by atoms with Crippen LogP contribution in [0.1, 0.15) is 225 Å². The monoisotopic (exact) mass is 835 g/mol. The summed E-state index contributed by atoms with van der Waals surface area (Å²) in [6.07, 6.45) is 32.9. The second-order valence-electron chi connectivity index (χ2n) is 16.4. The number of esters is 2. The maximum absolute atomic E-state index is 12.5. The highest BCUT2D eigenvalue weighted by atomic mass is 16.7. The average Bonchev–Trinajstić information content (AvgIpc) is 3.24. The van der Waals surface area contributed by atoms with Crippen LogP contribution < -0.4 is 9.47 Å². The fourth-order valence-electron chi connectivity index (χ4n) is 6.96. The summed E-state index contributed by atoms with van der Waals surface area (Å²) in [4.78, 5) is 24.4. The van der Waals surface area contributed by atoms with Gasteiger partial charge in [-0.25, -0.2) is 0 Å². The van der Waals surface area contributed by atoms with Crippen molar-refractivity contribution in [2.45, 2.75) is 233 Å². The molecule has 0 unspecified atom stereocenters. The summed E-state index contributed by atoms with van der Waals surface area (Å²) in [7, 11) is 0. The molecule has 0 aliphatic carbocycles. The van der Waals surface area contributed by atoms with Crippen LogP contribution in [0.3, 0.4) is 0 Å². The third kappa shape index (κ3) is 35.0. The van der Waals surface area contributed by atoms with Gasteiger partial charge in [0, 0.05) is 31.6 Å². The van der Waals surface area contributed by atoms with Crippen LogP contribution in [0, 0.1) is 0 Å². The van der Waals surface area contributed by atoms with Gasteiger partial charge in [0.05, 0.1) is 39.5 Å². The molecule has 1 aromatic rings. The molecule has 0 saturated carbocycles. The van der Waals surface area contributed by atoms with Gasteiger partial charge in [-0.3, -0.25) is 9.59 Å². The number of benzene rings is 1. The van der Waals surface area contributed by atoms with Crippen molar-refractivity contribution in [3.8, 4) is 11.5 Å². The molecule has 0 aliphatic heterocycles. The summed E-state index contributed by atoms with van der Waals surface area (Å²) in [5.41, 5.74) is 0.721. The first-order valence-corrected chi connectivity index (χ1v) is 24.6. The molecule has 0 atom stereocenters. The molecule has 0 fully saturated rings. The Kier molecular flexibility index (Phi) is 39.2. The Balaban J connectivity index is 2.14. The van der Waals surface area contributed by atoms with Gasteiger partial charge in [-0.05, 0) is 69.6 Å². The van der Waals surface area contributed by atoms with Crippen LogP contribution in [0.5, 0.6) is 11.5 Å². The molecule has 0 aromatic heterocycles. The van der Waals surface area contributed by atoms with Crippen molar-refractivity contribution in [1.82, 2.24) is 0 Å². The minimum Gasteiger partial charge on any atom is -0.494 e. The standard InChI is InChI=1S/C50H90O9/c1-4-7-10-13-16-19-25-32-48(52)56-39-27-23-18-17-22-26-38-55-47-34-33-46(43-45(47)44-51)54-37-30-24-31-40-57-49(53)35-36-50(58-41-28-20-14-11-8-5-2)59-42-29-21-15-12-9-6-3/h33-34,43,50-51H,4-32,35-42,44H2,1-3H3. The highest BCUT2D eigenvalue weighted by Crippen LogP contribution is 2.25. The Morgan fingerprint density at radius 2 is 0.881 bits per heavy atom. The molecular formula is C50H90O9. The molecule has 9 heteroatoms. The number of ether oxygens (including phenoxy) is 6. The van der Waals surface area contributed by atoms with Crippen molar-refractivity contribution < 1.29 is 43.1 Å². The number of hydrogen-bond donors (Lipinski definition) is 1. The molecule has 0 radical (unpaired) electrons. The molecule has 0 bridgehead atoms. The summed E-state index contributed by atoms with van der Waals surface area (Å²) < 4.78 is 35.0. The third-order valence-corrected chi connectivity index (χ3v) is 10.8. The van der Waals surface area contributed by atoms with Gasteiger partial charge in [0.2, 0.25) is 0 Å². The summed E-state index contributed by atoms with van der Waals surface area (Å²) in [6, 6.07) is 5.61. The Bertz CT molecular complexity index is 1060. The lowest BCUT2D eigenvalue weighted by molar-refractivity contribution is -0.159. The van der Waals surface area contributed by atoms with E-state index in [1.807, 2.05) is 18.2 Å². The predicted octanol–water partition coefficient (Wildman–Crippen LogP) is 13.5. The fourth-order valence-corrected chi connectivity index (χ4v) is 6.96.